The molecule has 0 bridgehead atoms. The molecule has 0 saturated heterocycles. The van der Waals surface area contributed by atoms with Crippen LogP contribution in [0.5, 0.6) is 0 Å². The fraction of sp³-hybridized carbons (Fsp3) is 0.500. The van der Waals surface area contributed by atoms with Crippen molar-refractivity contribution < 1.29 is 0 Å². The topological polar surface area (TPSA) is 35.8 Å². The lowest BCUT2D eigenvalue weighted by Crippen LogP contribution is -2.22. The smallest absolute Gasteiger partial charge is 0.0703 e. The molecule has 0 aromatic heterocycles. The molecule has 1 aromatic rings. The minimum absolute atomic E-state index is 0.0439. The van der Waals surface area contributed by atoms with Gasteiger partial charge in [0.2, 0.25) is 0 Å². The molecule has 0 spiro atoms. The van der Waals surface area contributed by atoms with E-state index in [-0.39, 0.29) is 5.41 Å². The summed E-state index contributed by atoms with van der Waals surface area (Å²) >= 11 is 0. The van der Waals surface area contributed by atoms with Gasteiger partial charge in [0.25, 0.3) is 0 Å². The maximum atomic E-state index is 8.96. The fourth-order valence-electron chi connectivity index (χ4n) is 1.91. The van der Waals surface area contributed by atoms with Crippen LogP contribution in [0.3, 0.4) is 0 Å². The molecule has 2 nitrogen and oxygen atoms in total. The van der Waals surface area contributed by atoms with Crippen molar-refractivity contribution >= 4 is 0 Å². The monoisotopic (exact) mass is 214 g/mol. The van der Waals surface area contributed by atoms with Gasteiger partial charge < -0.3 is 5.32 Å². The van der Waals surface area contributed by atoms with E-state index in [4.69, 9.17) is 5.26 Å². The van der Waals surface area contributed by atoms with E-state index in [1.807, 2.05) is 0 Å². The third-order valence-electron chi connectivity index (χ3n) is 3.37. The molecule has 0 heterocycles. The third kappa shape index (κ3) is 2.43. The molecule has 1 aliphatic carbocycles. The summed E-state index contributed by atoms with van der Waals surface area (Å²) in [7, 11) is 0. The second-order valence-corrected chi connectivity index (χ2v) is 4.93. The van der Waals surface area contributed by atoms with Gasteiger partial charge in [-0.15, -0.1) is 0 Å². The number of benzene rings is 1. The molecule has 0 atom stereocenters. The van der Waals surface area contributed by atoms with E-state index in [0.717, 1.165) is 25.9 Å². The summed E-state index contributed by atoms with van der Waals surface area (Å²) in [6, 6.07) is 8.91. The molecule has 0 unspecified atom stereocenters. The van der Waals surface area contributed by atoms with Gasteiger partial charge in [0, 0.05) is 13.1 Å². The van der Waals surface area contributed by atoms with E-state index >= 15 is 0 Å². The first-order valence-electron chi connectivity index (χ1n) is 5.83. The van der Waals surface area contributed by atoms with Gasteiger partial charge in [-0.3, -0.25) is 0 Å². The van der Waals surface area contributed by atoms with Crippen LogP contribution in [-0.4, -0.2) is 6.54 Å². The first-order chi connectivity index (χ1) is 7.65. The van der Waals surface area contributed by atoms with E-state index in [2.05, 4.69) is 43.4 Å². The molecule has 1 saturated carbocycles. The van der Waals surface area contributed by atoms with Crippen LogP contribution in [0.15, 0.2) is 18.2 Å². The summed E-state index contributed by atoms with van der Waals surface area (Å²) in [5.74, 6) is 0. The molecular formula is C14H18N2. The van der Waals surface area contributed by atoms with Crippen LogP contribution in [0, 0.1) is 30.6 Å². The number of hydrogen-bond donors (Lipinski definition) is 1. The van der Waals surface area contributed by atoms with Crippen LogP contribution in [-0.2, 0) is 6.54 Å². The molecular weight excluding hydrogens is 196 g/mol. The SMILES string of the molecule is Cc1ccc(C)c(CNCC2(C#N)CC2)c1. The van der Waals surface area contributed by atoms with Gasteiger partial charge in [-0.05, 0) is 37.8 Å². The highest BCUT2D eigenvalue weighted by Crippen LogP contribution is 2.44. The maximum absolute atomic E-state index is 8.96. The van der Waals surface area contributed by atoms with Gasteiger partial charge in [0.1, 0.15) is 0 Å². The highest BCUT2D eigenvalue weighted by atomic mass is 14.9. The third-order valence-corrected chi connectivity index (χ3v) is 3.37. The summed E-state index contributed by atoms with van der Waals surface area (Å²) in [6.45, 7) is 5.95. The molecule has 1 N–H and O–H groups in total. The summed E-state index contributed by atoms with van der Waals surface area (Å²) in [5, 5.41) is 12.4. The predicted octanol–water partition coefficient (Wildman–Crippen LogP) is 2.70. The van der Waals surface area contributed by atoms with Crippen LogP contribution in [0.2, 0.25) is 0 Å². The molecule has 16 heavy (non-hydrogen) atoms. The molecule has 0 radical (unpaired) electrons. The Balaban J connectivity index is 1.90. The second-order valence-electron chi connectivity index (χ2n) is 4.93. The van der Waals surface area contributed by atoms with Gasteiger partial charge in [-0.25, -0.2) is 0 Å². The zero-order valence-corrected chi connectivity index (χ0v) is 10.0. The Kier molecular flexibility index (Phi) is 2.98. The van der Waals surface area contributed by atoms with Crippen molar-refractivity contribution in [2.24, 2.45) is 5.41 Å². The highest BCUT2D eigenvalue weighted by molar-refractivity contribution is 5.30. The van der Waals surface area contributed by atoms with Gasteiger partial charge in [-0.2, -0.15) is 5.26 Å². The molecule has 0 aliphatic heterocycles. The maximum Gasteiger partial charge on any atom is 0.0703 e. The molecule has 2 rings (SSSR count). The first kappa shape index (κ1) is 11.2. The summed E-state index contributed by atoms with van der Waals surface area (Å²) < 4.78 is 0. The number of nitrogens with one attached hydrogen (secondary N) is 1. The Morgan fingerprint density at radius 3 is 2.75 bits per heavy atom. The quantitative estimate of drug-likeness (QED) is 0.836. The average molecular weight is 214 g/mol. The van der Waals surface area contributed by atoms with Gasteiger partial charge in [-0.1, -0.05) is 23.8 Å². The molecule has 2 heteroatoms. The lowest BCUT2D eigenvalue weighted by Gasteiger charge is -2.10. The first-order valence-corrected chi connectivity index (χ1v) is 5.83. The minimum atomic E-state index is -0.0439. The van der Waals surface area contributed by atoms with Crippen LogP contribution >= 0.6 is 0 Å². The van der Waals surface area contributed by atoms with E-state index < -0.39 is 0 Å². The Labute approximate surface area is 97.3 Å². The number of nitriles is 1. The number of rotatable bonds is 4. The summed E-state index contributed by atoms with van der Waals surface area (Å²) in [6.07, 6.45) is 2.12. The summed E-state index contributed by atoms with van der Waals surface area (Å²) in [4.78, 5) is 0. The van der Waals surface area contributed by atoms with Gasteiger partial charge in [0.05, 0.1) is 11.5 Å². The van der Waals surface area contributed by atoms with Gasteiger partial charge in [0.15, 0.2) is 0 Å². The van der Waals surface area contributed by atoms with Gasteiger partial charge >= 0.3 is 0 Å². The molecule has 84 valence electrons. The fourth-order valence-corrected chi connectivity index (χ4v) is 1.91. The minimum Gasteiger partial charge on any atom is -0.311 e. The van der Waals surface area contributed by atoms with Crippen LogP contribution in [0.4, 0.5) is 0 Å². The van der Waals surface area contributed by atoms with Crippen molar-refractivity contribution in [1.29, 1.82) is 5.26 Å². The highest BCUT2D eigenvalue weighted by Gasteiger charge is 2.42. The lowest BCUT2D eigenvalue weighted by molar-refractivity contribution is 0.557. The zero-order chi connectivity index (χ0) is 11.6. The molecule has 1 aliphatic rings. The number of nitrogens with zero attached hydrogens (tertiary/aromatic N) is 1. The lowest BCUT2D eigenvalue weighted by atomic mass is 10.1. The van der Waals surface area contributed by atoms with Crippen molar-refractivity contribution in [2.45, 2.75) is 33.2 Å². The average Bonchev–Trinajstić information content (AvgIpc) is 3.04. The number of hydrogen-bond acceptors (Lipinski definition) is 2. The normalized spacial score (nSPS) is 16.8. The van der Waals surface area contributed by atoms with Crippen molar-refractivity contribution in [2.75, 3.05) is 6.54 Å². The van der Waals surface area contributed by atoms with E-state index in [1.165, 1.54) is 16.7 Å². The van der Waals surface area contributed by atoms with Crippen molar-refractivity contribution in [3.8, 4) is 6.07 Å². The molecule has 0 amide bonds. The van der Waals surface area contributed by atoms with Crippen LogP contribution in [0.1, 0.15) is 29.5 Å². The Morgan fingerprint density at radius 1 is 1.38 bits per heavy atom. The molecule has 1 fully saturated rings. The Hall–Kier alpha value is -1.33. The Bertz CT molecular complexity index is 425. The predicted molar refractivity (Wildman–Crippen MR) is 64.9 cm³/mol. The Morgan fingerprint density at radius 2 is 2.12 bits per heavy atom. The van der Waals surface area contributed by atoms with Crippen molar-refractivity contribution in [3.05, 3.63) is 34.9 Å². The van der Waals surface area contributed by atoms with E-state index in [9.17, 15) is 0 Å². The second kappa shape index (κ2) is 4.27. The van der Waals surface area contributed by atoms with Crippen LogP contribution < -0.4 is 5.32 Å². The van der Waals surface area contributed by atoms with E-state index in [1.54, 1.807) is 0 Å². The van der Waals surface area contributed by atoms with Crippen molar-refractivity contribution in [3.63, 3.8) is 0 Å². The standard InChI is InChI=1S/C14H18N2/c1-11-3-4-12(2)13(7-11)8-16-10-14(9-15)5-6-14/h3-4,7,16H,5-6,8,10H2,1-2H3. The van der Waals surface area contributed by atoms with E-state index in [0.29, 0.717) is 0 Å². The summed E-state index contributed by atoms with van der Waals surface area (Å²) in [5.41, 5.74) is 3.91. The van der Waals surface area contributed by atoms with Crippen LogP contribution in [0.25, 0.3) is 0 Å². The zero-order valence-electron chi connectivity index (χ0n) is 10.0. The number of aryl methyl sites for hydroxylation is 2. The largest absolute Gasteiger partial charge is 0.311 e. The molecule has 1 aromatic carbocycles. The van der Waals surface area contributed by atoms with Crippen molar-refractivity contribution in [1.82, 2.24) is 5.32 Å².